The molecule has 0 fully saturated rings. The summed E-state index contributed by atoms with van der Waals surface area (Å²) in [7, 11) is 0. The van der Waals surface area contributed by atoms with Crippen molar-refractivity contribution in [2.75, 3.05) is 0 Å². The molecule has 1 atom stereocenters. The maximum Gasteiger partial charge on any atom is 0.0210 e. The highest BCUT2D eigenvalue weighted by Gasteiger charge is 2.45. The normalized spacial score (nSPS) is 20.1. The fourth-order valence-corrected chi connectivity index (χ4v) is 8.17. The average molecular weight is 483 g/mol. The highest BCUT2D eigenvalue weighted by atomic mass is 14.5. The Morgan fingerprint density at radius 3 is 2.08 bits per heavy atom. The molecule has 0 nitrogen and oxygen atoms in total. The molecule has 3 aliphatic rings. The Labute approximate surface area is 222 Å². The first kappa shape index (κ1) is 23.0. The first-order valence-corrected chi connectivity index (χ1v) is 14.6. The number of rotatable bonds is 4. The van der Waals surface area contributed by atoms with Gasteiger partial charge in [0.2, 0.25) is 0 Å². The summed E-state index contributed by atoms with van der Waals surface area (Å²) in [6, 6.07) is 28.7. The molecule has 0 bridgehead atoms. The van der Waals surface area contributed by atoms with Crippen LogP contribution >= 0.6 is 0 Å². The van der Waals surface area contributed by atoms with Crippen LogP contribution in [-0.2, 0) is 23.7 Å². The molecular weight excluding hydrogens is 444 g/mol. The molecule has 0 amide bonds. The van der Waals surface area contributed by atoms with E-state index in [1.165, 1.54) is 70.2 Å². The Bertz CT molecular complexity index is 1550. The zero-order valence-electron chi connectivity index (χ0n) is 22.9. The van der Waals surface area contributed by atoms with E-state index < -0.39 is 0 Å². The van der Waals surface area contributed by atoms with Crippen molar-refractivity contribution in [1.82, 2.24) is 0 Å². The van der Waals surface area contributed by atoms with E-state index in [1.807, 2.05) is 0 Å². The van der Waals surface area contributed by atoms with Gasteiger partial charge in [0.25, 0.3) is 0 Å². The van der Waals surface area contributed by atoms with Crippen molar-refractivity contribution in [2.24, 2.45) is 0 Å². The van der Waals surface area contributed by atoms with Gasteiger partial charge in [-0.3, -0.25) is 0 Å². The SMILES string of the molecule is CCC1(C)c2ccccc2-c2cc3c(cc21)C(CC)(CC)c1cc(-c2cccc4c2CCCC4)ccc1-3. The van der Waals surface area contributed by atoms with E-state index >= 15 is 0 Å². The van der Waals surface area contributed by atoms with Crippen LogP contribution in [0.15, 0.2) is 72.8 Å². The molecule has 0 N–H and O–H groups in total. The van der Waals surface area contributed by atoms with Gasteiger partial charge in [-0.25, -0.2) is 0 Å². The van der Waals surface area contributed by atoms with Gasteiger partial charge in [-0.15, -0.1) is 0 Å². The van der Waals surface area contributed by atoms with Gasteiger partial charge in [0.1, 0.15) is 0 Å². The van der Waals surface area contributed by atoms with Gasteiger partial charge in [0, 0.05) is 10.8 Å². The van der Waals surface area contributed by atoms with Crippen LogP contribution in [0.25, 0.3) is 33.4 Å². The summed E-state index contributed by atoms with van der Waals surface area (Å²) in [6.07, 6.45) is 8.49. The van der Waals surface area contributed by atoms with Crippen LogP contribution in [0, 0.1) is 0 Å². The fourth-order valence-electron chi connectivity index (χ4n) is 8.17. The second kappa shape index (κ2) is 8.19. The van der Waals surface area contributed by atoms with Crippen molar-refractivity contribution in [3.05, 3.63) is 106 Å². The number of aryl methyl sites for hydroxylation is 1. The monoisotopic (exact) mass is 482 g/mol. The predicted molar refractivity (Wildman–Crippen MR) is 157 cm³/mol. The van der Waals surface area contributed by atoms with E-state index in [1.54, 1.807) is 22.3 Å². The van der Waals surface area contributed by atoms with Crippen molar-refractivity contribution < 1.29 is 0 Å². The standard InChI is InChI=1S/C37H38/c1-5-36(4)32-18-11-10-16-28(32)30-22-31-29-20-19-25(27-17-12-14-24-13-8-9-15-26(24)27)21-34(29)37(6-2,7-3)35(31)23-33(30)36/h10-12,14,16-23H,5-9,13,15H2,1-4H3. The third kappa shape index (κ3) is 2.96. The topological polar surface area (TPSA) is 0 Å². The maximum absolute atomic E-state index is 2.63. The minimum atomic E-state index is 0.0774. The Hall–Kier alpha value is -3.12. The molecule has 0 aliphatic heterocycles. The van der Waals surface area contributed by atoms with Gasteiger partial charge in [-0.05, 0) is 124 Å². The molecule has 0 saturated carbocycles. The Morgan fingerprint density at radius 2 is 1.27 bits per heavy atom. The van der Waals surface area contributed by atoms with Crippen molar-refractivity contribution >= 4 is 0 Å². The molecule has 7 rings (SSSR count). The predicted octanol–water partition coefficient (Wildman–Crippen LogP) is 10.0. The van der Waals surface area contributed by atoms with Gasteiger partial charge in [0.15, 0.2) is 0 Å². The minimum absolute atomic E-state index is 0.0774. The third-order valence-electron chi connectivity index (χ3n) is 10.5. The van der Waals surface area contributed by atoms with Crippen LogP contribution in [0.2, 0.25) is 0 Å². The van der Waals surface area contributed by atoms with E-state index in [0.717, 1.165) is 19.3 Å². The molecule has 37 heavy (non-hydrogen) atoms. The molecule has 0 heterocycles. The lowest BCUT2D eigenvalue weighted by Crippen LogP contribution is -2.25. The molecule has 0 heteroatoms. The smallest absolute Gasteiger partial charge is 0.0210 e. The highest BCUT2D eigenvalue weighted by molar-refractivity contribution is 5.91. The molecule has 4 aromatic carbocycles. The highest BCUT2D eigenvalue weighted by Crippen LogP contribution is 2.59. The van der Waals surface area contributed by atoms with Crippen molar-refractivity contribution in [3.63, 3.8) is 0 Å². The Balaban J connectivity index is 1.46. The fraction of sp³-hybridized carbons (Fsp3) is 0.351. The van der Waals surface area contributed by atoms with Crippen LogP contribution < -0.4 is 0 Å². The van der Waals surface area contributed by atoms with Gasteiger partial charge < -0.3 is 0 Å². The van der Waals surface area contributed by atoms with Crippen LogP contribution in [0.4, 0.5) is 0 Å². The molecule has 1 unspecified atom stereocenters. The van der Waals surface area contributed by atoms with E-state index in [4.69, 9.17) is 0 Å². The summed E-state index contributed by atoms with van der Waals surface area (Å²) in [5.41, 5.74) is 18.1. The lowest BCUT2D eigenvalue weighted by Gasteiger charge is -2.32. The van der Waals surface area contributed by atoms with E-state index in [9.17, 15) is 0 Å². The van der Waals surface area contributed by atoms with Crippen LogP contribution in [0.1, 0.15) is 93.2 Å². The zero-order chi connectivity index (χ0) is 25.4. The number of benzene rings is 4. The molecule has 0 spiro atoms. The molecular formula is C37H38. The summed E-state index contributed by atoms with van der Waals surface area (Å²) in [6.45, 7) is 9.62. The molecule has 0 radical (unpaired) electrons. The lowest BCUT2D eigenvalue weighted by atomic mass is 9.71. The summed E-state index contributed by atoms with van der Waals surface area (Å²) >= 11 is 0. The second-order valence-corrected chi connectivity index (χ2v) is 11.9. The molecule has 186 valence electrons. The summed E-state index contributed by atoms with van der Waals surface area (Å²) in [5, 5.41) is 0. The second-order valence-electron chi connectivity index (χ2n) is 11.9. The largest absolute Gasteiger partial charge is 0.0642 e. The van der Waals surface area contributed by atoms with Gasteiger partial charge in [0.05, 0.1) is 0 Å². The van der Waals surface area contributed by atoms with Crippen molar-refractivity contribution in [2.45, 2.75) is 83.5 Å². The van der Waals surface area contributed by atoms with E-state index in [0.29, 0.717) is 0 Å². The molecule has 4 aromatic rings. The van der Waals surface area contributed by atoms with Gasteiger partial charge in [-0.1, -0.05) is 88.4 Å². The molecule has 0 aromatic heterocycles. The molecule has 3 aliphatic carbocycles. The van der Waals surface area contributed by atoms with Gasteiger partial charge in [-0.2, -0.15) is 0 Å². The first-order valence-electron chi connectivity index (χ1n) is 14.6. The summed E-state index contributed by atoms with van der Waals surface area (Å²) in [4.78, 5) is 0. The van der Waals surface area contributed by atoms with Crippen LogP contribution in [0.3, 0.4) is 0 Å². The van der Waals surface area contributed by atoms with Crippen LogP contribution in [-0.4, -0.2) is 0 Å². The third-order valence-corrected chi connectivity index (χ3v) is 10.5. The maximum atomic E-state index is 2.63. The van der Waals surface area contributed by atoms with E-state index in [-0.39, 0.29) is 10.8 Å². The minimum Gasteiger partial charge on any atom is -0.0642 e. The number of hydrogen-bond acceptors (Lipinski definition) is 0. The lowest BCUT2D eigenvalue weighted by molar-refractivity contribution is 0.487. The first-order chi connectivity index (χ1) is 18.1. The Kier molecular flexibility index (Phi) is 5.10. The zero-order valence-corrected chi connectivity index (χ0v) is 22.9. The number of hydrogen-bond donors (Lipinski definition) is 0. The summed E-state index contributed by atoms with van der Waals surface area (Å²) in [5.74, 6) is 0. The molecule has 0 saturated heterocycles. The summed E-state index contributed by atoms with van der Waals surface area (Å²) < 4.78 is 0. The van der Waals surface area contributed by atoms with Crippen molar-refractivity contribution in [3.8, 4) is 33.4 Å². The number of fused-ring (bicyclic) bond motifs is 7. The Morgan fingerprint density at radius 1 is 0.568 bits per heavy atom. The van der Waals surface area contributed by atoms with Crippen molar-refractivity contribution in [1.29, 1.82) is 0 Å². The average Bonchev–Trinajstić information content (AvgIpc) is 3.38. The quantitative estimate of drug-likeness (QED) is 0.271. The van der Waals surface area contributed by atoms with Crippen LogP contribution in [0.5, 0.6) is 0 Å². The van der Waals surface area contributed by atoms with Gasteiger partial charge >= 0.3 is 0 Å². The van der Waals surface area contributed by atoms with E-state index in [2.05, 4.69) is 100 Å².